The second kappa shape index (κ2) is 6.56. The molecular formula is C11H21N3O3. The first kappa shape index (κ1) is 13.9. The molecule has 1 heterocycles. The number of carbonyl (C=O) groups is 2. The van der Waals surface area contributed by atoms with E-state index in [0.29, 0.717) is 19.7 Å². The Morgan fingerprint density at radius 3 is 2.82 bits per heavy atom. The summed E-state index contributed by atoms with van der Waals surface area (Å²) in [4.78, 5) is 25.5. The van der Waals surface area contributed by atoms with Crippen LogP contribution in [0.2, 0.25) is 0 Å². The molecule has 0 spiro atoms. The minimum atomic E-state index is -0.507. The molecule has 1 aliphatic heterocycles. The smallest absolute Gasteiger partial charge is 0.245 e. The summed E-state index contributed by atoms with van der Waals surface area (Å²) >= 11 is 0. The molecule has 17 heavy (non-hydrogen) atoms. The van der Waals surface area contributed by atoms with Crippen molar-refractivity contribution in [3.63, 3.8) is 0 Å². The second-order valence-electron chi connectivity index (χ2n) is 4.03. The van der Waals surface area contributed by atoms with Gasteiger partial charge in [0.1, 0.15) is 6.04 Å². The van der Waals surface area contributed by atoms with E-state index in [1.165, 1.54) is 0 Å². The van der Waals surface area contributed by atoms with Crippen LogP contribution in [-0.4, -0.2) is 62.1 Å². The Bertz CT molecular complexity index is 283. The molecule has 1 rings (SSSR count). The maximum Gasteiger partial charge on any atom is 0.245 e. The number of hydrogen-bond acceptors (Lipinski definition) is 4. The Morgan fingerprint density at radius 1 is 1.53 bits per heavy atom. The largest absolute Gasteiger partial charge is 0.377 e. The third-order valence-corrected chi connectivity index (χ3v) is 2.87. The molecule has 0 aliphatic carbocycles. The minimum Gasteiger partial charge on any atom is -0.377 e. The highest BCUT2D eigenvalue weighted by atomic mass is 16.5. The van der Waals surface area contributed by atoms with E-state index in [4.69, 9.17) is 4.74 Å². The minimum absolute atomic E-state index is 0.0629. The Hall–Kier alpha value is -1.14. The van der Waals surface area contributed by atoms with Crippen molar-refractivity contribution >= 4 is 11.8 Å². The Kier molecular flexibility index (Phi) is 5.37. The monoisotopic (exact) mass is 243 g/mol. The molecule has 2 amide bonds. The number of likely N-dealkylation sites (N-methyl/N-ethyl adjacent to an activating group) is 2. The van der Waals surface area contributed by atoms with Gasteiger partial charge in [0.05, 0.1) is 19.3 Å². The van der Waals surface area contributed by atoms with Gasteiger partial charge >= 0.3 is 0 Å². The van der Waals surface area contributed by atoms with Crippen molar-refractivity contribution in [3.05, 3.63) is 0 Å². The lowest BCUT2D eigenvalue weighted by molar-refractivity contribution is -0.149. The quantitative estimate of drug-likeness (QED) is 0.661. The SMILES string of the molecule is CCNC(=O)C1COCCN1C(=O)C(C)NC. The number of nitrogens with zero attached hydrogens (tertiary/aromatic N) is 1. The summed E-state index contributed by atoms with van der Waals surface area (Å²) in [6, 6.07) is -0.794. The molecule has 0 radical (unpaired) electrons. The van der Waals surface area contributed by atoms with Crippen LogP contribution in [0.4, 0.5) is 0 Å². The molecule has 6 nitrogen and oxygen atoms in total. The van der Waals surface area contributed by atoms with E-state index in [0.717, 1.165) is 0 Å². The molecule has 2 N–H and O–H groups in total. The topological polar surface area (TPSA) is 70.7 Å². The summed E-state index contributed by atoms with van der Waals surface area (Å²) in [6.45, 7) is 5.41. The van der Waals surface area contributed by atoms with Gasteiger partial charge in [-0.3, -0.25) is 9.59 Å². The fraction of sp³-hybridized carbons (Fsp3) is 0.818. The van der Waals surface area contributed by atoms with Gasteiger partial charge in [0.2, 0.25) is 11.8 Å². The Balaban J connectivity index is 2.71. The van der Waals surface area contributed by atoms with Crippen molar-refractivity contribution < 1.29 is 14.3 Å². The zero-order valence-corrected chi connectivity index (χ0v) is 10.7. The molecule has 2 unspecified atom stereocenters. The molecule has 0 bridgehead atoms. The molecule has 1 saturated heterocycles. The predicted octanol–water partition coefficient (Wildman–Crippen LogP) is -1.04. The number of rotatable bonds is 4. The first-order valence-electron chi connectivity index (χ1n) is 5.95. The van der Waals surface area contributed by atoms with Gasteiger partial charge in [-0.05, 0) is 20.9 Å². The van der Waals surface area contributed by atoms with Gasteiger partial charge in [-0.15, -0.1) is 0 Å². The fourth-order valence-electron chi connectivity index (χ4n) is 1.75. The summed E-state index contributed by atoms with van der Waals surface area (Å²) in [6.07, 6.45) is 0. The van der Waals surface area contributed by atoms with Crippen molar-refractivity contribution in [2.75, 3.05) is 33.4 Å². The van der Waals surface area contributed by atoms with Gasteiger partial charge < -0.3 is 20.3 Å². The van der Waals surface area contributed by atoms with E-state index in [1.54, 1.807) is 18.9 Å². The van der Waals surface area contributed by atoms with E-state index in [-0.39, 0.29) is 24.5 Å². The summed E-state index contributed by atoms with van der Waals surface area (Å²) in [5, 5.41) is 5.61. The summed E-state index contributed by atoms with van der Waals surface area (Å²) in [7, 11) is 1.73. The highest BCUT2D eigenvalue weighted by Crippen LogP contribution is 2.09. The lowest BCUT2D eigenvalue weighted by atomic mass is 10.1. The molecule has 1 aliphatic rings. The predicted molar refractivity (Wildman–Crippen MR) is 63.5 cm³/mol. The number of carbonyl (C=O) groups excluding carboxylic acids is 2. The summed E-state index contributed by atoms with van der Waals surface area (Å²) in [5.74, 6) is -0.212. The molecular weight excluding hydrogens is 222 g/mol. The van der Waals surface area contributed by atoms with Crippen LogP contribution < -0.4 is 10.6 Å². The Labute approximate surface area is 102 Å². The third kappa shape index (κ3) is 3.41. The average molecular weight is 243 g/mol. The van der Waals surface area contributed by atoms with E-state index in [9.17, 15) is 9.59 Å². The van der Waals surface area contributed by atoms with Gasteiger partial charge in [0.25, 0.3) is 0 Å². The average Bonchev–Trinajstić information content (AvgIpc) is 2.37. The molecule has 1 fully saturated rings. The lowest BCUT2D eigenvalue weighted by Crippen LogP contribution is -2.59. The van der Waals surface area contributed by atoms with Crippen molar-refractivity contribution in [2.24, 2.45) is 0 Å². The molecule has 6 heteroatoms. The first-order valence-corrected chi connectivity index (χ1v) is 5.95. The van der Waals surface area contributed by atoms with Gasteiger partial charge in [0, 0.05) is 13.1 Å². The molecule has 2 atom stereocenters. The van der Waals surface area contributed by atoms with Crippen LogP contribution >= 0.6 is 0 Å². The third-order valence-electron chi connectivity index (χ3n) is 2.87. The standard InChI is InChI=1S/C11H21N3O3/c1-4-13-10(15)9-7-17-6-5-14(9)11(16)8(2)12-3/h8-9,12H,4-7H2,1-3H3,(H,13,15). The zero-order chi connectivity index (χ0) is 12.8. The van der Waals surface area contributed by atoms with Crippen molar-refractivity contribution in [2.45, 2.75) is 25.9 Å². The number of nitrogens with one attached hydrogen (secondary N) is 2. The van der Waals surface area contributed by atoms with E-state index >= 15 is 0 Å². The second-order valence-corrected chi connectivity index (χ2v) is 4.03. The lowest BCUT2D eigenvalue weighted by Gasteiger charge is -2.36. The van der Waals surface area contributed by atoms with Gasteiger partial charge in [-0.1, -0.05) is 0 Å². The van der Waals surface area contributed by atoms with Crippen molar-refractivity contribution in [3.8, 4) is 0 Å². The van der Waals surface area contributed by atoms with Crippen LogP contribution in [0, 0.1) is 0 Å². The number of hydrogen-bond donors (Lipinski definition) is 2. The van der Waals surface area contributed by atoms with Crippen molar-refractivity contribution in [1.29, 1.82) is 0 Å². The highest BCUT2D eigenvalue weighted by molar-refractivity contribution is 5.89. The first-order chi connectivity index (χ1) is 8.11. The number of amides is 2. The molecule has 0 saturated carbocycles. The Morgan fingerprint density at radius 2 is 2.24 bits per heavy atom. The van der Waals surface area contributed by atoms with Crippen molar-refractivity contribution in [1.82, 2.24) is 15.5 Å². The van der Waals surface area contributed by atoms with Crippen LogP contribution in [0.3, 0.4) is 0 Å². The summed E-state index contributed by atoms with van der Waals surface area (Å²) < 4.78 is 5.27. The molecule has 0 aromatic heterocycles. The molecule has 0 aromatic carbocycles. The molecule has 0 aromatic rings. The highest BCUT2D eigenvalue weighted by Gasteiger charge is 2.34. The van der Waals surface area contributed by atoms with E-state index in [2.05, 4.69) is 10.6 Å². The summed E-state index contributed by atoms with van der Waals surface area (Å²) in [5.41, 5.74) is 0. The number of morpholine rings is 1. The number of ether oxygens (including phenoxy) is 1. The van der Waals surface area contributed by atoms with Crippen LogP contribution in [-0.2, 0) is 14.3 Å². The maximum absolute atomic E-state index is 12.1. The van der Waals surface area contributed by atoms with Crippen LogP contribution in [0.25, 0.3) is 0 Å². The zero-order valence-electron chi connectivity index (χ0n) is 10.7. The maximum atomic E-state index is 12.1. The van der Waals surface area contributed by atoms with E-state index < -0.39 is 6.04 Å². The normalized spacial score (nSPS) is 22.1. The van der Waals surface area contributed by atoms with Gasteiger partial charge in [-0.25, -0.2) is 0 Å². The van der Waals surface area contributed by atoms with E-state index in [1.807, 2.05) is 6.92 Å². The van der Waals surface area contributed by atoms with Crippen LogP contribution in [0.15, 0.2) is 0 Å². The van der Waals surface area contributed by atoms with Crippen LogP contribution in [0.1, 0.15) is 13.8 Å². The van der Waals surface area contributed by atoms with Gasteiger partial charge in [0.15, 0.2) is 0 Å². The van der Waals surface area contributed by atoms with Crippen LogP contribution in [0.5, 0.6) is 0 Å². The molecule has 98 valence electrons. The van der Waals surface area contributed by atoms with Gasteiger partial charge in [-0.2, -0.15) is 0 Å². The fourth-order valence-corrected chi connectivity index (χ4v) is 1.75.